The Balaban J connectivity index is 1.80. The van der Waals surface area contributed by atoms with Crippen LogP contribution in [-0.4, -0.2) is 38.7 Å². The number of guanidine groups is 1. The van der Waals surface area contributed by atoms with E-state index in [0.717, 1.165) is 38.4 Å². The lowest BCUT2D eigenvalue weighted by atomic mass is 10.2. The topological polar surface area (TPSA) is 39.7 Å². The Morgan fingerprint density at radius 3 is 2.73 bits per heavy atom. The maximum atomic E-state index is 4.31. The molecule has 0 heterocycles. The Morgan fingerprint density at radius 2 is 2.09 bits per heavy atom. The highest BCUT2D eigenvalue weighted by atomic mass is 15.2. The minimum atomic E-state index is 0.491. The van der Waals surface area contributed by atoms with E-state index < -0.39 is 0 Å². The van der Waals surface area contributed by atoms with E-state index in [4.69, 9.17) is 0 Å². The highest BCUT2D eigenvalue weighted by Crippen LogP contribution is 2.15. The molecule has 0 radical (unpaired) electrons. The van der Waals surface area contributed by atoms with Crippen LogP contribution in [0, 0.1) is 6.92 Å². The smallest absolute Gasteiger partial charge is 0.191 e. The lowest BCUT2D eigenvalue weighted by Crippen LogP contribution is -2.45. The van der Waals surface area contributed by atoms with Crippen molar-refractivity contribution < 1.29 is 0 Å². The van der Waals surface area contributed by atoms with Crippen molar-refractivity contribution in [1.82, 2.24) is 10.6 Å². The zero-order chi connectivity index (χ0) is 15.8. The lowest BCUT2D eigenvalue weighted by Gasteiger charge is -2.24. The van der Waals surface area contributed by atoms with Crippen molar-refractivity contribution in [1.29, 1.82) is 0 Å². The highest BCUT2D eigenvalue weighted by Gasteiger charge is 2.11. The number of rotatable bonds is 6. The second-order valence-corrected chi connectivity index (χ2v) is 5.70. The molecule has 0 amide bonds. The minimum absolute atomic E-state index is 0.491. The molecule has 0 atom stereocenters. The van der Waals surface area contributed by atoms with E-state index in [1.54, 1.807) is 0 Å². The molecule has 0 saturated heterocycles. The van der Waals surface area contributed by atoms with Crippen molar-refractivity contribution in [2.75, 3.05) is 31.6 Å². The summed E-state index contributed by atoms with van der Waals surface area (Å²) in [6.07, 6.45) is 6.62. The first-order valence-electron chi connectivity index (χ1n) is 8.16. The lowest BCUT2D eigenvalue weighted by molar-refractivity contribution is 0.631. The Hall–Kier alpha value is -1.97. The van der Waals surface area contributed by atoms with Gasteiger partial charge < -0.3 is 15.5 Å². The molecule has 1 aromatic carbocycles. The van der Waals surface area contributed by atoms with Gasteiger partial charge in [-0.25, -0.2) is 0 Å². The predicted molar refractivity (Wildman–Crippen MR) is 95.7 cm³/mol. The van der Waals surface area contributed by atoms with Gasteiger partial charge in [-0.2, -0.15) is 0 Å². The van der Waals surface area contributed by atoms with Crippen LogP contribution in [0.4, 0.5) is 5.69 Å². The van der Waals surface area contributed by atoms with Gasteiger partial charge >= 0.3 is 0 Å². The van der Waals surface area contributed by atoms with Crippen molar-refractivity contribution in [2.45, 2.75) is 32.7 Å². The number of nitrogens with zero attached hydrogens (tertiary/aromatic N) is 2. The molecule has 0 fully saturated rings. The molecule has 0 saturated carbocycles. The molecule has 2 rings (SSSR count). The minimum Gasteiger partial charge on any atom is -0.370 e. The molecule has 2 N–H and O–H groups in total. The number of hydrogen-bond donors (Lipinski definition) is 2. The van der Waals surface area contributed by atoms with Gasteiger partial charge in [0.15, 0.2) is 5.96 Å². The molecule has 22 heavy (non-hydrogen) atoms. The molecule has 4 heteroatoms. The van der Waals surface area contributed by atoms with Gasteiger partial charge in [-0.15, -0.1) is 0 Å². The van der Waals surface area contributed by atoms with E-state index in [2.05, 4.69) is 70.8 Å². The number of hydrogen-bond acceptors (Lipinski definition) is 2. The van der Waals surface area contributed by atoms with Crippen molar-refractivity contribution in [2.24, 2.45) is 4.99 Å². The van der Waals surface area contributed by atoms with Crippen LogP contribution in [0.2, 0.25) is 0 Å². The first-order chi connectivity index (χ1) is 10.7. The van der Waals surface area contributed by atoms with Crippen LogP contribution in [0.5, 0.6) is 0 Å². The molecule has 1 aromatic rings. The van der Waals surface area contributed by atoms with E-state index in [-0.39, 0.29) is 0 Å². The zero-order valence-corrected chi connectivity index (χ0v) is 14.0. The summed E-state index contributed by atoms with van der Waals surface area (Å²) in [6, 6.07) is 9.16. The summed E-state index contributed by atoms with van der Waals surface area (Å²) < 4.78 is 0. The van der Waals surface area contributed by atoms with E-state index >= 15 is 0 Å². The molecule has 4 nitrogen and oxygen atoms in total. The fourth-order valence-corrected chi connectivity index (χ4v) is 2.73. The van der Waals surface area contributed by atoms with Crippen LogP contribution < -0.4 is 15.5 Å². The Morgan fingerprint density at radius 1 is 1.32 bits per heavy atom. The quantitative estimate of drug-likeness (QED) is 0.482. The average Bonchev–Trinajstić information content (AvgIpc) is 3.03. The molecule has 0 spiro atoms. The van der Waals surface area contributed by atoms with E-state index in [1.165, 1.54) is 11.3 Å². The van der Waals surface area contributed by atoms with Crippen molar-refractivity contribution in [3.8, 4) is 0 Å². The zero-order valence-electron chi connectivity index (χ0n) is 14.0. The van der Waals surface area contributed by atoms with Crippen LogP contribution in [-0.2, 0) is 0 Å². The van der Waals surface area contributed by atoms with Gasteiger partial charge in [0.25, 0.3) is 0 Å². The highest BCUT2D eigenvalue weighted by molar-refractivity contribution is 5.80. The second-order valence-electron chi connectivity index (χ2n) is 5.70. The number of aryl methyl sites for hydroxylation is 1. The molecule has 1 aliphatic rings. The Kier molecular flexibility index (Phi) is 6.31. The van der Waals surface area contributed by atoms with E-state index in [9.17, 15) is 0 Å². The fraction of sp³-hybridized carbons (Fsp3) is 0.500. The molecule has 120 valence electrons. The number of nitrogens with one attached hydrogen (secondary N) is 2. The van der Waals surface area contributed by atoms with Gasteiger partial charge in [-0.05, 0) is 44.4 Å². The molecule has 0 aromatic heterocycles. The molecular formula is C18H28N4. The SMILES string of the molecule is CCN(CCNC(=NC)NC1CC=CC1)c1cccc(C)c1. The predicted octanol–water partition coefficient (Wildman–Crippen LogP) is 2.70. The van der Waals surface area contributed by atoms with Crippen LogP contribution in [0.25, 0.3) is 0 Å². The molecule has 0 bridgehead atoms. The van der Waals surface area contributed by atoms with Crippen molar-refractivity contribution in [3.63, 3.8) is 0 Å². The van der Waals surface area contributed by atoms with Crippen molar-refractivity contribution in [3.05, 3.63) is 42.0 Å². The summed E-state index contributed by atoms with van der Waals surface area (Å²) in [5.74, 6) is 0.897. The largest absolute Gasteiger partial charge is 0.370 e. The average molecular weight is 300 g/mol. The molecule has 1 aliphatic carbocycles. The number of benzene rings is 1. The third-order valence-corrected chi connectivity index (χ3v) is 4.00. The summed E-state index contributed by atoms with van der Waals surface area (Å²) in [4.78, 5) is 6.69. The first-order valence-corrected chi connectivity index (χ1v) is 8.16. The normalized spacial score (nSPS) is 15.1. The summed E-state index contributed by atoms with van der Waals surface area (Å²) in [5, 5.41) is 6.88. The second kappa shape index (κ2) is 8.47. The van der Waals surface area contributed by atoms with E-state index in [1.807, 2.05) is 7.05 Å². The summed E-state index contributed by atoms with van der Waals surface area (Å²) in [6.45, 7) is 7.17. The van der Waals surface area contributed by atoms with Gasteiger partial charge in [0, 0.05) is 38.4 Å². The standard InChI is InChI=1S/C18H28N4/c1-4-22(17-11-7-8-15(2)14-17)13-12-20-18(19-3)21-16-9-5-6-10-16/h5-8,11,14,16H,4,9-10,12-13H2,1-3H3,(H2,19,20,21). The summed E-state index contributed by atoms with van der Waals surface area (Å²) in [5.41, 5.74) is 2.59. The van der Waals surface area contributed by atoms with Gasteiger partial charge in [-0.1, -0.05) is 24.3 Å². The van der Waals surface area contributed by atoms with Crippen LogP contribution in [0.3, 0.4) is 0 Å². The molecule has 0 aliphatic heterocycles. The maximum absolute atomic E-state index is 4.31. The number of anilines is 1. The van der Waals surface area contributed by atoms with Crippen LogP contribution in [0.15, 0.2) is 41.4 Å². The van der Waals surface area contributed by atoms with Crippen molar-refractivity contribution >= 4 is 11.6 Å². The monoisotopic (exact) mass is 300 g/mol. The van der Waals surface area contributed by atoms with Gasteiger partial charge in [-0.3, -0.25) is 4.99 Å². The maximum Gasteiger partial charge on any atom is 0.191 e. The number of aliphatic imine (C=N–C) groups is 1. The van der Waals surface area contributed by atoms with Gasteiger partial charge in [0.2, 0.25) is 0 Å². The Bertz CT molecular complexity index is 514. The first kappa shape index (κ1) is 16.4. The fourth-order valence-electron chi connectivity index (χ4n) is 2.73. The van der Waals surface area contributed by atoms with Crippen LogP contribution >= 0.6 is 0 Å². The molecule has 0 unspecified atom stereocenters. The number of likely N-dealkylation sites (N-methyl/N-ethyl adjacent to an activating group) is 1. The van der Waals surface area contributed by atoms with Gasteiger partial charge in [0.1, 0.15) is 0 Å². The third kappa shape index (κ3) is 4.79. The van der Waals surface area contributed by atoms with Crippen LogP contribution in [0.1, 0.15) is 25.3 Å². The summed E-state index contributed by atoms with van der Waals surface area (Å²) in [7, 11) is 1.83. The molecular weight excluding hydrogens is 272 g/mol. The Labute approximate surface area is 134 Å². The summed E-state index contributed by atoms with van der Waals surface area (Å²) >= 11 is 0. The third-order valence-electron chi connectivity index (χ3n) is 4.00. The van der Waals surface area contributed by atoms with E-state index in [0.29, 0.717) is 6.04 Å². The van der Waals surface area contributed by atoms with Gasteiger partial charge in [0.05, 0.1) is 0 Å².